The molecule has 1 N–H and O–H groups in total. The standard InChI is InChI=1S/C18H19FN4O2S/c19-12-4-6-13(7-5-12)23-16(14-10-26-11-15(14)21-23)20-17(24)18(25)22-8-2-1-3-9-22/h4-7H,1-3,8-11H2,(H,20,24). The molecule has 0 unspecified atom stereocenters. The predicted octanol–water partition coefficient (Wildman–Crippen LogP) is 2.71. The number of nitrogens with one attached hydrogen (secondary N) is 1. The Balaban J connectivity index is 1.62. The lowest BCUT2D eigenvalue weighted by Crippen LogP contribution is -2.42. The fourth-order valence-corrected chi connectivity index (χ4v) is 4.35. The average molecular weight is 374 g/mol. The lowest BCUT2D eigenvalue weighted by atomic mass is 10.1. The van der Waals surface area contributed by atoms with E-state index < -0.39 is 11.8 Å². The lowest BCUT2D eigenvalue weighted by Gasteiger charge is -2.26. The van der Waals surface area contributed by atoms with Gasteiger partial charge in [-0.3, -0.25) is 9.59 Å². The van der Waals surface area contributed by atoms with Crippen molar-refractivity contribution in [3.63, 3.8) is 0 Å². The van der Waals surface area contributed by atoms with Crippen LogP contribution in [0.25, 0.3) is 5.69 Å². The first-order chi connectivity index (χ1) is 12.6. The van der Waals surface area contributed by atoms with Crippen LogP contribution in [0.4, 0.5) is 10.2 Å². The molecule has 26 heavy (non-hydrogen) atoms. The number of thioether (sulfide) groups is 1. The SMILES string of the molecule is O=C(Nc1c2c(nn1-c1ccc(F)cc1)CSC2)C(=O)N1CCCCC1. The zero-order valence-electron chi connectivity index (χ0n) is 14.2. The van der Waals surface area contributed by atoms with Gasteiger partial charge in [0.05, 0.1) is 11.4 Å². The monoisotopic (exact) mass is 374 g/mol. The largest absolute Gasteiger partial charge is 0.334 e. The Morgan fingerprint density at radius 3 is 2.54 bits per heavy atom. The van der Waals surface area contributed by atoms with Crippen LogP contribution in [0, 0.1) is 5.82 Å². The predicted molar refractivity (Wildman–Crippen MR) is 97.6 cm³/mol. The molecule has 1 aromatic carbocycles. The zero-order chi connectivity index (χ0) is 18.1. The van der Waals surface area contributed by atoms with E-state index in [1.807, 2.05) is 0 Å². The van der Waals surface area contributed by atoms with Gasteiger partial charge in [0.15, 0.2) is 0 Å². The minimum atomic E-state index is -0.644. The first-order valence-corrected chi connectivity index (χ1v) is 9.83. The summed E-state index contributed by atoms with van der Waals surface area (Å²) >= 11 is 1.71. The number of halogens is 1. The third-order valence-corrected chi connectivity index (χ3v) is 5.66. The normalized spacial score (nSPS) is 16.4. The Labute approximate surface area is 154 Å². The number of hydrogen-bond donors (Lipinski definition) is 1. The van der Waals surface area contributed by atoms with Crippen molar-refractivity contribution in [1.82, 2.24) is 14.7 Å². The molecular weight excluding hydrogens is 355 g/mol. The highest BCUT2D eigenvalue weighted by Gasteiger charge is 2.29. The topological polar surface area (TPSA) is 67.2 Å². The van der Waals surface area contributed by atoms with E-state index in [1.54, 1.807) is 33.5 Å². The smallest absolute Gasteiger partial charge is 0.315 e. The van der Waals surface area contributed by atoms with Gasteiger partial charge in [-0.2, -0.15) is 16.9 Å². The Bertz CT molecular complexity index is 844. The Morgan fingerprint density at radius 1 is 1.08 bits per heavy atom. The minimum absolute atomic E-state index is 0.338. The molecule has 0 aliphatic carbocycles. The number of nitrogens with zero attached hydrogens (tertiary/aromatic N) is 3. The van der Waals surface area contributed by atoms with Gasteiger partial charge < -0.3 is 10.2 Å². The van der Waals surface area contributed by atoms with E-state index in [4.69, 9.17) is 0 Å². The fourth-order valence-electron chi connectivity index (χ4n) is 3.31. The quantitative estimate of drug-likeness (QED) is 0.821. The summed E-state index contributed by atoms with van der Waals surface area (Å²) in [7, 11) is 0. The molecule has 2 amide bonds. The van der Waals surface area contributed by atoms with Gasteiger partial charge in [-0.25, -0.2) is 9.07 Å². The number of carbonyl (C=O) groups is 2. The summed E-state index contributed by atoms with van der Waals surface area (Å²) in [6, 6.07) is 5.90. The third kappa shape index (κ3) is 3.21. The molecule has 4 rings (SSSR count). The number of rotatable bonds is 2. The number of aromatic nitrogens is 2. The minimum Gasteiger partial charge on any atom is -0.334 e. The Kier molecular flexibility index (Phi) is 4.67. The molecule has 2 aliphatic heterocycles. The van der Waals surface area contributed by atoms with Crippen molar-refractivity contribution < 1.29 is 14.0 Å². The van der Waals surface area contributed by atoms with E-state index in [2.05, 4.69) is 10.4 Å². The number of anilines is 1. The van der Waals surface area contributed by atoms with Gasteiger partial charge in [0.25, 0.3) is 0 Å². The summed E-state index contributed by atoms with van der Waals surface area (Å²) in [4.78, 5) is 26.6. The van der Waals surface area contributed by atoms with Gasteiger partial charge in [0.1, 0.15) is 11.6 Å². The highest BCUT2D eigenvalue weighted by Crippen LogP contribution is 2.36. The molecule has 8 heteroatoms. The number of hydrogen-bond acceptors (Lipinski definition) is 4. The van der Waals surface area contributed by atoms with E-state index in [9.17, 15) is 14.0 Å². The van der Waals surface area contributed by atoms with E-state index in [0.717, 1.165) is 42.0 Å². The summed E-state index contributed by atoms with van der Waals surface area (Å²) in [5.41, 5.74) is 2.46. The molecule has 3 heterocycles. The van der Waals surface area contributed by atoms with Gasteiger partial charge in [-0.15, -0.1) is 0 Å². The van der Waals surface area contributed by atoms with Crippen LogP contribution in [-0.2, 0) is 21.1 Å². The highest BCUT2D eigenvalue weighted by atomic mass is 32.2. The van der Waals surface area contributed by atoms with Crippen LogP contribution in [0.5, 0.6) is 0 Å². The molecule has 0 spiro atoms. The Hall–Kier alpha value is -2.35. The molecule has 1 fully saturated rings. The van der Waals surface area contributed by atoms with Gasteiger partial charge in [0.2, 0.25) is 0 Å². The summed E-state index contributed by atoms with van der Waals surface area (Å²) in [5, 5.41) is 7.31. The summed E-state index contributed by atoms with van der Waals surface area (Å²) < 4.78 is 14.8. The van der Waals surface area contributed by atoms with Crippen LogP contribution in [0.1, 0.15) is 30.5 Å². The van der Waals surface area contributed by atoms with Crippen molar-refractivity contribution in [3.05, 3.63) is 41.3 Å². The first kappa shape index (κ1) is 17.1. The summed E-state index contributed by atoms with van der Waals surface area (Å²) in [6.45, 7) is 1.24. The number of amides is 2. The molecule has 0 radical (unpaired) electrons. The molecule has 0 saturated carbocycles. The van der Waals surface area contributed by atoms with Crippen molar-refractivity contribution in [2.45, 2.75) is 30.8 Å². The number of benzene rings is 1. The molecular formula is C18H19FN4O2S. The van der Waals surface area contributed by atoms with Crippen LogP contribution < -0.4 is 5.32 Å². The molecule has 1 aromatic heterocycles. The summed E-state index contributed by atoms with van der Waals surface area (Å²) in [5.74, 6) is 0.504. The third-order valence-electron chi connectivity index (χ3n) is 4.69. The molecule has 1 saturated heterocycles. The van der Waals surface area contributed by atoms with Crippen LogP contribution in [0.15, 0.2) is 24.3 Å². The molecule has 2 aromatic rings. The summed E-state index contributed by atoms with van der Waals surface area (Å²) in [6.07, 6.45) is 2.95. The molecule has 0 bridgehead atoms. The lowest BCUT2D eigenvalue weighted by molar-refractivity contribution is -0.143. The maximum absolute atomic E-state index is 13.2. The molecule has 136 valence electrons. The van der Waals surface area contributed by atoms with Crippen molar-refractivity contribution in [2.75, 3.05) is 18.4 Å². The van der Waals surface area contributed by atoms with E-state index >= 15 is 0 Å². The number of likely N-dealkylation sites (tertiary alicyclic amines) is 1. The van der Waals surface area contributed by atoms with Crippen LogP contribution >= 0.6 is 11.8 Å². The maximum atomic E-state index is 13.2. The second-order valence-corrected chi connectivity index (χ2v) is 7.45. The van der Waals surface area contributed by atoms with Crippen LogP contribution in [-0.4, -0.2) is 39.6 Å². The van der Waals surface area contributed by atoms with Crippen molar-refractivity contribution in [1.29, 1.82) is 0 Å². The van der Waals surface area contributed by atoms with Gasteiger partial charge in [-0.05, 0) is 43.5 Å². The van der Waals surface area contributed by atoms with Gasteiger partial charge in [-0.1, -0.05) is 0 Å². The maximum Gasteiger partial charge on any atom is 0.315 e. The second-order valence-electron chi connectivity index (χ2n) is 6.46. The van der Waals surface area contributed by atoms with E-state index in [1.165, 1.54) is 12.1 Å². The number of fused-ring (bicyclic) bond motifs is 1. The van der Waals surface area contributed by atoms with Crippen LogP contribution in [0.3, 0.4) is 0 Å². The van der Waals surface area contributed by atoms with Crippen molar-refractivity contribution in [2.24, 2.45) is 0 Å². The number of carbonyl (C=O) groups excluding carboxylic acids is 2. The van der Waals surface area contributed by atoms with Crippen LogP contribution in [0.2, 0.25) is 0 Å². The van der Waals surface area contributed by atoms with Crippen molar-refractivity contribution >= 4 is 29.4 Å². The Morgan fingerprint density at radius 2 is 1.81 bits per heavy atom. The average Bonchev–Trinajstić information content (AvgIpc) is 3.25. The number of piperidine rings is 1. The van der Waals surface area contributed by atoms with Gasteiger partial charge >= 0.3 is 11.8 Å². The van der Waals surface area contributed by atoms with Crippen molar-refractivity contribution in [3.8, 4) is 5.69 Å². The van der Waals surface area contributed by atoms with E-state index in [-0.39, 0.29) is 5.82 Å². The molecule has 0 atom stereocenters. The highest BCUT2D eigenvalue weighted by molar-refractivity contribution is 7.98. The zero-order valence-corrected chi connectivity index (χ0v) is 15.0. The van der Waals surface area contributed by atoms with Gasteiger partial charge in [0, 0.05) is 30.2 Å². The van der Waals surface area contributed by atoms with E-state index in [0.29, 0.717) is 24.6 Å². The fraction of sp³-hybridized carbons (Fsp3) is 0.389. The first-order valence-electron chi connectivity index (χ1n) is 8.68. The second kappa shape index (κ2) is 7.11. The molecule has 2 aliphatic rings. The molecule has 6 nitrogen and oxygen atoms in total.